The van der Waals surface area contributed by atoms with Gasteiger partial charge in [-0.1, -0.05) is 0 Å². The summed E-state index contributed by atoms with van der Waals surface area (Å²) < 4.78 is 6.81. The Morgan fingerprint density at radius 2 is 2.06 bits per heavy atom. The van der Waals surface area contributed by atoms with E-state index in [0.29, 0.717) is 28.4 Å². The van der Waals surface area contributed by atoms with E-state index in [4.69, 9.17) is 4.74 Å². The van der Waals surface area contributed by atoms with Crippen molar-refractivity contribution in [1.29, 1.82) is 0 Å². The first-order valence-corrected chi connectivity index (χ1v) is 4.98. The van der Waals surface area contributed by atoms with E-state index in [1.54, 1.807) is 32.7 Å². The van der Waals surface area contributed by atoms with Gasteiger partial charge in [-0.15, -0.1) is 0 Å². The quantitative estimate of drug-likeness (QED) is 0.811. The molecule has 16 heavy (non-hydrogen) atoms. The van der Waals surface area contributed by atoms with Crippen LogP contribution in [0.2, 0.25) is 0 Å². The molecule has 1 unspecified atom stereocenters. The molecule has 0 saturated carbocycles. The number of ether oxygens (including phenoxy) is 1. The maximum Gasteiger partial charge on any atom is 0.243 e. The average molecular weight is 222 g/mol. The molecule has 6 nitrogen and oxygen atoms in total. The van der Waals surface area contributed by atoms with E-state index in [-0.39, 0.29) is 0 Å². The molecule has 2 aromatic heterocycles. The predicted molar refractivity (Wildman–Crippen MR) is 58.2 cm³/mol. The van der Waals surface area contributed by atoms with Crippen molar-refractivity contribution in [2.75, 3.05) is 7.11 Å². The Bertz CT molecular complexity index is 533. The first kappa shape index (κ1) is 10.8. The summed E-state index contributed by atoms with van der Waals surface area (Å²) in [6, 6.07) is 0. The van der Waals surface area contributed by atoms with Crippen LogP contribution >= 0.6 is 0 Å². The van der Waals surface area contributed by atoms with E-state index in [0.717, 1.165) is 0 Å². The van der Waals surface area contributed by atoms with E-state index in [1.165, 1.54) is 0 Å². The number of aliphatic hydroxyl groups is 1. The lowest BCUT2D eigenvalue weighted by atomic mass is 10.2. The summed E-state index contributed by atoms with van der Waals surface area (Å²) in [5, 5.41) is 13.8. The second kappa shape index (κ2) is 3.71. The highest BCUT2D eigenvalue weighted by Crippen LogP contribution is 2.27. The number of nitrogens with zero attached hydrogens (tertiary/aromatic N) is 4. The first-order valence-electron chi connectivity index (χ1n) is 4.98. The van der Waals surface area contributed by atoms with Crippen molar-refractivity contribution in [3.63, 3.8) is 0 Å². The molecule has 1 atom stereocenters. The molecule has 6 heteroatoms. The molecule has 0 aliphatic heterocycles. The third kappa shape index (κ3) is 1.51. The highest BCUT2D eigenvalue weighted by molar-refractivity contribution is 5.82. The van der Waals surface area contributed by atoms with Gasteiger partial charge in [0.05, 0.1) is 13.2 Å². The summed E-state index contributed by atoms with van der Waals surface area (Å²) in [6.45, 7) is 3.44. The number of aliphatic hydroxyl groups excluding tert-OH is 1. The van der Waals surface area contributed by atoms with Gasteiger partial charge in [-0.25, -0.2) is 4.98 Å². The third-order valence-electron chi connectivity index (χ3n) is 2.38. The van der Waals surface area contributed by atoms with E-state index >= 15 is 0 Å². The van der Waals surface area contributed by atoms with Crippen molar-refractivity contribution in [3.8, 4) is 5.88 Å². The van der Waals surface area contributed by atoms with Gasteiger partial charge in [-0.3, -0.25) is 4.68 Å². The number of rotatable bonds is 2. The lowest BCUT2D eigenvalue weighted by Gasteiger charge is -2.03. The first-order chi connectivity index (χ1) is 7.54. The van der Waals surface area contributed by atoms with Gasteiger partial charge in [0, 0.05) is 7.05 Å². The number of methoxy groups -OCH3 is 1. The molecular formula is C10H14N4O2. The van der Waals surface area contributed by atoms with Gasteiger partial charge < -0.3 is 9.84 Å². The van der Waals surface area contributed by atoms with Crippen LogP contribution in [0, 0.1) is 6.92 Å². The second-order valence-corrected chi connectivity index (χ2v) is 3.66. The van der Waals surface area contributed by atoms with Crippen molar-refractivity contribution in [2.45, 2.75) is 20.0 Å². The van der Waals surface area contributed by atoms with E-state index in [1.807, 2.05) is 0 Å². The summed E-state index contributed by atoms with van der Waals surface area (Å²) in [4.78, 5) is 8.47. The summed E-state index contributed by atoms with van der Waals surface area (Å²) in [5.74, 6) is 1.07. The molecule has 86 valence electrons. The van der Waals surface area contributed by atoms with Gasteiger partial charge in [0.1, 0.15) is 22.6 Å². The second-order valence-electron chi connectivity index (χ2n) is 3.66. The van der Waals surface area contributed by atoms with Gasteiger partial charge in [0.25, 0.3) is 0 Å². The van der Waals surface area contributed by atoms with Gasteiger partial charge in [0.2, 0.25) is 5.88 Å². The molecule has 0 fully saturated rings. The monoisotopic (exact) mass is 222 g/mol. The number of aromatic nitrogens is 4. The van der Waals surface area contributed by atoms with Crippen molar-refractivity contribution in [3.05, 3.63) is 11.5 Å². The SMILES string of the molecule is COc1nc(C)nc2c(C(C)O)nn(C)c12. The predicted octanol–water partition coefficient (Wildman–Crippen LogP) is 0.734. The van der Waals surface area contributed by atoms with Gasteiger partial charge in [0.15, 0.2) is 0 Å². The van der Waals surface area contributed by atoms with E-state index in [9.17, 15) is 5.11 Å². The fourth-order valence-corrected chi connectivity index (χ4v) is 1.69. The zero-order valence-corrected chi connectivity index (χ0v) is 9.72. The van der Waals surface area contributed by atoms with Crippen molar-refractivity contribution >= 4 is 11.0 Å². The van der Waals surface area contributed by atoms with Gasteiger partial charge in [-0.2, -0.15) is 10.1 Å². The molecule has 0 spiro atoms. The molecule has 2 rings (SSSR count). The fraction of sp³-hybridized carbons (Fsp3) is 0.500. The van der Waals surface area contributed by atoms with Gasteiger partial charge in [-0.05, 0) is 13.8 Å². The molecule has 1 N–H and O–H groups in total. The van der Waals surface area contributed by atoms with Crippen molar-refractivity contribution in [2.24, 2.45) is 7.05 Å². The highest BCUT2D eigenvalue weighted by Gasteiger charge is 2.19. The Labute approximate surface area is 92.9 Å². The van der Waals surface area contributed by atoms with Crippen LogP contribution in [0.1, 0.15) is 24.5 Å². The van der Waals surface area contributed by atoms with E-state index in [2.05, 4.69) is 15.1 Å². The number of hydrogen-bond donors (Lipinski definition) is 1. The molecule has 0 aliphatic carbocycles. The standard InChI is InChI=1S/C10H14N4O2/c1-5(15)7-8-9(14(3)13-7)10(16-4)12-6(2)11-8/h5,15H,1-4H3. The van der Waals surface area contributed by atoms with Crippen LogP contribution in [0.25, 0.3) is 11.0 Å². The summed E-state index contributed by atoms with van der Waals surface area (Å²) in [6.07, 6.45) is -0.664. The number of fused-ring (bicyclic) bond motifs is 1. The maximum absolute atomic E-state index is 9.61. The zero-order valence-electron chi connectivity index (χ0n) is 9.72. The van der Waals surface area contributed by atoms with Crippen LogP contribution in [-0.4, -0.2) is 32.0 Å². The topological polar surface area (TPSA) is 73.1 Å². The van der Waals surface area contributed by atoms with Crippen LogP contribution in [-0.2, 0) is 7.05 Å². The summed E-state index contributed by atoms with van der Waals surface area (Å²) in [7, 11) is 3.33. The van der Waals surface area contributed by atoms with Crippen LogP contribution in [0.15, 0.2) is 0 Å². The third-order valence-corrected chi connectivity index (χ3v) is 2.38. The lowest BCUT2D eigenvalue weighted by Crippen LogP contribution is -1.98. The minimum absolute atomic E-state index is 0.476. The Morgan fingerprint density at radius 3 is 2.62 bits per heavy atom. The molecule has 0 radical (unpaired) electrons. The van der Waals surface area contributed by atoms with Crippen LogP contribution < -0.4 is 4.74 Å². The van der Waals surface area contributed by atoms with Crippen LogP contribution in [0.5, 0.6) is 5.88 Å². The smallest absolute Gasteiger partial charge is 0.243 e. The molecule has 0 saturated heterocycles. The Kier molecular flexibility index (Phi) is 2.51. The zero-order chi connectivity index (χ0) is 11.9. The summed E-state index contributed by atoms with van der Waals surface area (Å²) >= 11 is 0. The lowest BCUT2D eigenvalue weighted by molar-refractivity contribution is 0.194. The normalized spacial score (nSPS) is 13.1. The molecule has 0 bridgehead atoms. The Morgan fingerprint density at radius 1 is 1.38 bits per heavy atom. The fourth-order valence-electron chi connectivity index (χ4n) is 1.69. The Hall–Kier alpha value is -1.69. The van der Waals surface area contributed by atoms with Gasteiger partial charge >= 0.3 is 0 Å². The minimum Gasteiger partial charge on any atom is -0.479 e. The van der Waals surface area contributed by atoms with Crippen molar-refractivity contribution in [1.82, 2.24) is 19.7 Å². The number of aryl methyl sites for hydroxylation is 2. The van der Waals surface area contributed by atoms with Crippen LogP contribution in [0.3, 0.4) is 0 Å². The Balaban J connectivity index is 2.84. The molecular weight excluding hydrogens is 208 g/mol. The molecule has 0 aromatic carbocycles. The minimum atomic E-state index is -0.664. The molecule has 0 amide bonds. The van der Waals surface area contributed by atoms with Crippen molar-refractivity contribution < 1.29 is 9.84 Å². The molecule has 2 aromatic rings. The molecule has 2 heterocycles. The largest absolute Gasteiger partial charge is 0.479 e. The maximum atomic E-state index is 9.61. The summed E-state index contributed by atoms with van der Waals surface area (Å²) in [5.41, 5.74) is 1.88. The van der Waals surface area contributed by atoms with Crippen LogP contribution in [0.4, 0.5) is 0 Å². The average Bonchev–Trinajstić information content (AvgIpc) is 2.55. The number of hydrogen-bond acceptors (Lipinski definition) is 5. The van der Waals surface area contributed by atoms with E-state index < -0.39 is 6.10 Å². The highest BCUT2D eigenvalue weighted by atomic mass is 16.5. The molecule has 0 aliphatic rings.